The Morgan fingerprint density at radius 2 is 2.17 bits per heavy atom. The highest BCUT2D eigenvalue weighted by molar-refractivity contribution is 9.10. The van der Waals surface area contributed by atoms with Crippen LogP contribution in [0, 0.1) is 10.1 Å². The highest BCUT2D eigenvalue weighted by Crippen LogP contribution is 2.39. The lowest BCUT2D eigenvalue weighted by Crippen LogP contribution is -1.92. The van der Waals surface area contributed by atoms with Gasteiger partial charge in [-0.25, -0.2) is 0 Å². The molecule has 0 bridgehead atoms. The molecule has 0 aliphatic heterocycles. The number of nitrogens with zero attached hydrogens (tertiary/aromatic N) is 2. The van der Waals surface area contributed by atoms with E-state index >= 15 is 0 Å². The number of hydrogen-bond donors (Lipinski definition) is 1. The molecule has 92 valence electrons. The summed E-state index contributed by atoms with van der Waals surface area (Å²) in [5, 5.41) is 20.3. The summed E-state index contributed by atoms with van der Waals surface area (Å²) in [5.41, 5.74) is -0.0716. The lowest BCUT2D eigenvalue weighted by atomic mass is 10.3. The standard InChI is InChI=1S/C11H7BrN2O3S/c12-9-5-13-6-10(14(16)17)11(9)18-8-3-1-2-7(15)4-8/h1-6,15H. The van der Waals surface area contributed by atoms with Gasteiger partial charge in [-0.2, -0.15) is 0 Å². The van der Waals surface area contributed by atoms with Gasteiger partial charge in [-0.3, -0.25) is 15.1 Å². The second-order valence-corrected chi connectivity index (χ2v) is 5.26. The molecule has 0 atom stereocenters. The Morgan fingerprint density at radius 3 is 2.83 bits per heavy atom. The quantitative estimate of drug-likeness (QED) is 0.688. The van der Waals surface area contributed by atoms with E-state index in [1.807, 2.05) is 0 Å². The van der Waals surface area contributed by atoms with E-state index in [2.05, 4.69) is 20.9 Å². The fourth-order valence-corrected chi connectivity index (χ4v) is 2.82. The number of hydrogen-bond acceptors (Lipinski definition) is 5. The van der Waals surface area contributed by atoms with Crippen molar-refractivity contribution in [3.63, 3.8) is 0 Å². The number of rotatable bonds is 3. The molecule has 0 unspecified atom stereocenters. The second kappa shape index (κ2) is 5.36. The van der Waals surface area contributed by atoms with Crippen LogP contribution in [0.25, 0.3) is 0 Å². The zero-order chi connectivity index (χ0) is 13.1. The second-order valence-electron chi connectivity index (χ2n) is 3.33. The zero-order valence-corrected chi connectivity index (χ0v) is 11.3. The summed E-state index contributed by atoms with van der Waals surface area (Å²) in [7, 11) is 0. The third-order valence-corrected chi connectivity index (χ3v) is 4.05. The van der Waals surface area contributed by atoms with Crippen LogP contribution in [0.4, 0.5) is 5.69 Å². The van der Waals surface area contributed by atoms with Gasteiger partial charge in [0.05, 0.1) is 9.40 Å². The summed E-state index contributed by atoms with van der Waals surface area (Å²) in [6, 6.07) is 6.53. The summed E-state index contributed by atoms with van der Waals surface area (Å²) in [4.78, 5) is 15.4. The Kier molecular flexibility index (Phi) is 3.83. The van der Waals surface area contributed by atoms with Crippen molar-refractivity contribution in [1.82, 2.24) is 4.98 Å². The molecule has 1 aromatic heterocycles. The Morgan fingerprint density at radius 1 is 1.39 bits per heavy atom. The van der Waals surface area contributed by atoms with Gasteiger partial charge < -0.3 is 5.11 Å². The molecule has 7 heteroatoms. The molecule has 5 nitrogen and oxygen atoms in total. The first-order chi connectivity index (χ1) is 8.58. The van der Waals surface area contributed by atoms with Crippen LogP contribution < -0.4 is 0 Å². The molecule has 0 aliphatic carbocycles. The van der Waals surface area contributed by atoms with Crippen LogP contribution in [0.15, 0.2) is 50.9 Å². The first-order valence-electron chi connectivity index (χ1n) is 4.82. The highest BCUT2D eigenvalue weighted by Gasteiger charge is 2.18. The summed E-state index contributed by atoms with van der Waals surface area (Å²) < 4.78 is 0.546. The first kappa shape index (κ1) is 12.8. The van der Waals surface area contributed by atoms with Crippen LogP contribution in [0.5, 0.6) is 5.75 Å². The van der Waals surface area contributed by atoms with Gasteiger partial charge in [-0.05, 0) is 34.1 Å². The molecule has 0 aliphatic rings. The van der Waals surface area contributed by atoms with Crippen molar-refractivity contribution in [2.45, 2.75) is 9.79 Å². The van der Waals surface area contributed by atoms with Gasteiger partial charge in [-0.15, -0.1) is 0 Å². The molecular weight excluding hydrogens is 320 g/mol. The van der Waals surface area contributed by atoms with Crippen molar-refractivity contribution in [3.8, 4) is 5.75 Å². The van der Waals surface area contributed by atoms with E-state index in [4.69, 9.17) is 0 Å². The number of benzene rings is 1. The van der Waals surface area contributed by atoms with Crippen molar-refractivity contribution in [2.24, 2.45) is 0 Å². The lowest BCUT2D eigenvalue weighted by molar-refractivity contribution is -0.388. The molecule has 1 aromatic carbocycles. The van der Waals surface area contributed by atoms with Gasteiger partial charge in [0.1, 0.15) is 16.8 Å². The maximum absolute atomic E-state index is 10.9. The minimum absolute atomic E-state index is 0.0716. The minimum atomic E-state index is -0.483. The fourth-order valence-electron chi connectivity index (χ4n) is 1.31. The monoisotopic (exact) mass is 326 g/mol. The first-order valence-corrected chi connectivity index (χ1v) is 6.43. The molecule has 2 rings (SSSR count). The normalized spacial score (nSPS) is 10.3. The highest BCUT2D eigenvalue weighted by atomic mass is 79.9. The van der Waals surface area contributed by atoms with E-state index in [1.165, 1.54) is 24.2 Å². The van der Waals surface area contributed by atoms with E-state index in [9.17, 15) is 15.2 Å². The van der Waals surface area contributed by atoms with E-state index in [0.717, 1.165) is 0 Å². The number of aromatic hydroxyl groups is 1. The minimum Gasteiger partial charge on any atom is -0.508 e. The van der Waals surface area contributed by atoms with Gasteiger partial charge >= 0.3 is 5.69 Å². The molecule has 0 saturated heterocycles. The number of nitro groups is 1. The van der Waals surface area contributed by atoms with Crippen molar-refractivity contribution in [3.05, 3.63) is 51.2 Å². The fraction of sp³-hybridized carbons (Fsp3) is 0. The zero-order valence-electron chi connectivity index (χ0n) is 8.91. The van der Waals surface area contributed by atoms with Gasteiger partial charge in [0, 0.05) is 11.1 Å². The van der Waals surface area contributed by atoms with Crippen molar-refractivity contribution in [2.75, 3.05) is 0 Å². The lowest BCUT2D eigenvalue weighted by Gasteiger charge is -2.05. The van der Waals surface area contributed by atoms with Crippen molar-refractivity contribution in [1.29, 1.82) is 0 Å². The number of halogens is 1. The van der Waals surface area contributed by atoms with Crippen LogP contribution in [0.3, 0.4) is 0 Å². The molecule has 2 aromatic rings. The number of aromatic nitrogens is 1. The average Bonchev–Trinajstić information content (AvgIpc) is 2.31. The van der Waals surface area contributed by atoms with Crippen LogP contribution in [-0.2, 0) is 0 Å². The van der Waals surface area contributed by atoms with E-state index in [1.54, 1.807) is 24.3 Å². The maximum atomic E-state index is 10.9. The molecule has 0 amide bonds. The number of phenols is 1. The Labute approximate surface area is 115 Å². The smallest absolute Gasteiger partial charge is 0.302 e. The van der Waals surface area contributed by atoms with Crippen molar-refractivity contribution >= 4 is 33.4 Å². The Balaban J connectivity index is 2.42. The maximum Gasteiger partial charge on any atom is 0.302 e. The van der Waals surface area contributed by atoms with Crippen LogP contribution in [-0.4, -0.2) is 15.0 Å². The molecule has 0 spiro atoms. The summed E-state index contributed by atoms with van der Waals surface area (Å²) in [5.74, 6) is 0.118. The third-order valence-electron chi connectivity index (χ3n) is 2.07. The Bertz CT molecular complexity index is 607. The predicted octanol–water partition coefficient (Wildman–Crippen LogP) is 3.61. The molecular formula is C11H7BrN2O3S. The summed E-state index contributed by atoms with van der Waals surface area (Å²) in [6.07, 6.45) is 2.70. The SMILES string of the molecule is O=[N+]([O-])c1cncc(Br)c1Sc1cccc(O)c1. The third kappa shape index (κ3) is 2.80. The summed E-state index contributed by atoms with van der Waals surface area (Å²) >= 11 is 4.44. The van der Waals surface area contributed by atoms with Crippen LogP contribution in [0.2, 0.25) is 0 Å². The van der Waals surface area contributed by atoms with Gasteiger partial charge in [0.15, 0.2) is 0 Å². The van der Waals surface area contributed by atoms with Crippen LogP contribution in [0.1, 0.15) is 0 Å². The molecule has 0 saturated carbocycles. The molecule has 1 heterocycles. The molecule has 0 radical (unpaired) electrons. The topological polar surface area (TPSA) is 76.3 Å². The average molecular weight is 327 g/mol. The predicted molar refractivity (Wildman–Crippen MR) is 70.8 cm³/mol. The van der Waals surface area contributed by atoms with Crippen molar-refractivity contribution < 1.29 is 10.0 Å². The van der Waals surface area contributed by atoms with Crippen LogP contribution >= 0.6 is 27.7 Å². The molecule has 1 N–H and O–H groups in total. The number of phenolic OH excluding ortho intramolecular Hbond substituents is 1. The van der Waals surface area contributed by atoms with Gasteiger partial charge in [-0.1, -0.05) is 17.8 Å². The van der Waals surface area contributed by atoms with E-state index in [-0.39, 0.29) is 11.4 Å². The molecule has 0 fully saturated rings. The van der Waals surface area contributed by atoms with E-state index < -0.39 is 4.92 Å². The van der Waals surface area contributed by atoms with Gasteiger partial charge in [0.25, 0.3) is 0 Å². The largest absolute Gasteiger partial charge is 0.508 e. The van der Waals surface area contributed by atoms with Gasteiger partial charge in [0.2, 0.25) is 0 Å². The van der Waals surface area contributed by atoms with E-state index in [0.29, 0.717) is 14.3 Å². The molecule has 18 heavy (non-hydrogen) atoms. The summed E-state index contributed by atoms with van der Waals surface area (Å²) in [6.45, 7) is 0. The number of pyridine rings is 1. The Hall–Kier alpha value is -1.60.